The molecule has 1 aromatic heterocycles. The molecule has 0 saturated carbocycles. The summed E-state index contributed by atoms with van der Waals surface area (Å²) in [5, 5.41) is 5.17. The third-order valence-corrected chi connectivity index (χ3v) is 4.50. The van der Waals surface area contributed by atoms with Gasteiger partial charge in [0.05, 0.1) is 5.69 Å². The van der Waals surface area contributed by atoms with E-state index < -0.39 is 0 Å². The molecule has 21 heavy (non-hydrogen) atoms. The number of piperidine rings is 1. The first-order chi connectivity index (χ1) is 10.1. The molecule has 0 aliphatic carbocycles. The number of aromatic nitrogens is 1. The predicted molar refractivity (Wildman–Crippen MR) is 80.5 cm³/mol. The summed E-state index contributed by atoms with van der Waals surface area (Å²) in [4.78, 5) is 28.9. The Morgan fingerprint density at radius 1 is 1.48 bits per heavy atom. The molecule has 116 valence electrons. The lowest BCUT2D eigenvalue weighted by Gasteiger charge is -2.31. The summed E-state index contributed by atoms with van der Waals surface area (Å²) in [6.07, 6.45) is 2.14. The molecule has 1 aromatic rings. The first kappa shape index (κ1) is 15.9. The van der Waals surface area contributed by atoms with Crippen molar-refractivity contribution in [1.82, 2.24) is 20.6 Å². The van der Waals surface area contributed by atoms with Crippen LogP contribution in [-0.2, 0) is 11.3 Å². The Labute approximate surface area is 127 Å². The number of hydrogen-bond donors (Lipinski definition) is 3. The standard InChI is InChI=1S/C13H21N5O2S/c1-9(19)15-6-10-2-4-18(5-3-10)7-11-8-21-13(16-11)12(20)17-14/h8,10H,2-7,14H2,1H3,(H,15,19)(H,17,20). The van der Waals surface area contributed by atoms with E-state index in [1.54, 1.807) is 6.92 Å². The highest BCUT2D eigenvalue weighted by molar-refractivity contribution is 7.11. The van der Waals surface area contributed by atoms with Crippen molar-refractivity contribution in [1.29, 1.82) is 0 Å². The molecule has 2 amide bonds. The second-order valence-corrected chi connectivity index (χ2v) is 6.13. The SMILES string of the molecule is CC(=O)NCC1CCN(Cc2csc(C(=O)NN)n2)CC1. The predicted octanol–water partition coefficient (Wildman–Crippen LogP) is 0.0947. The van der Waals surface area contributed by atoms with Gasteiger partial charge in [-0.2, -0.15) is 0 Å². The average Bonchev–Trinajstić information content (AvgIpc) is 2.94. The molecule has 1 fully saturated rings. The average molecular weight is 311 g/mol. The van der Waals surface area contributed by atoms with E-state index in [0.29, 0.717) is 10.9 Å². The number of nitrogen functional groups attached to an aromatic ring is 1. The highest BCUT2D eigenvalue weighted by Gasteiger charge is 2.20. The summed E-state index contributed by atoms with van der Waals surface area (Å²) in [6.45, 7) is 5.04. The van der Waals surface area contributed by atoms with Crippen LogP contribution in [0.15, 0.2) is 5.38 Å². The smallest absolute Gasteiger partial charge is 0.294 e. The van der Waals surface area contributed by atoms with Crippen LogP contribution in [0.25, 0.3) is 0 Å². The van der Waals surface area contributed by atoms with Crippen LogP contribution in [-0.4, -0.2) is 41.3 Å². The maximum absolute atomic E-state index is 11.4. The van der Waals surface area contributed by atoms with Crippen LogP contribution in [0.5, 0.6) is 0 Å². The van der Waals surface area contributed by atoms with Crippen molar-refractivity contribution in [2.45, 2.75) is 26.3 Å². The number of nitrogens with two attached hydrogens (primary N) is 1. The molecule has 8 heteroatoms. The molecule has 0 bridgehead atoms. The van der Waals surface area contributed by atoms with Gasteiger partial charge in [0.25, 0.3) is 5.91 Å². The molecule has 1 saturated heterocycles. The van der Waals surface area contributed by atoms with Crippen molar-refractivity contribution in [2.24, 2.45) is 11.8 Å². The van der Waals surface area contributed by atoms with Crippen molar-refractivity contribution in [3.05, 3.63) is 16.1 Å². The number of carbonyl (C=O) groups is 2. The van der Waals surface area contributed by atoms with Crippen molar-refractivity contribution >= 4 is 23.2 Å². The number of hydrogen-bond acceptors (Lipinski definition) is 6. The quantitative estimate of drug-likeness (QED) is 0.407. The Hall–Kier alpha value is -1.51. The van der Waals surface area contributed by atoms with Gasteiger partial charge in [-0.3, -0.25) is 19.9 Å². The Kier molecular flexibility index (Phi) is 5.66. The summed E-state index contributed by atoms with van der Waals surface area (Å²) in [7, 11) is 0. The van der Waals surface area contributed by atoms with E-state index in [4.69, 9.17) is 5.84 Å². The molecule has 0 aromatic carbocycles. The van der Waals surface area contributed by atoms with Gasteiger partial charge in [-0.25, -0.2) is 10.8 Å². The van der Waals surface area contributed by atoms with Gasteiger partial charge in [-0.1, -0.05) is 0 Å². The Bertz CT molecular complexity index is 497. The van der Waals surface area contributed by atoms with Crippen LogP contribution >= 0.6 is 11.3 Å². The van der Waals surface area contributed by atoms with Crippen molar-refractivity contribution in [3.8, 4) is 0 Å². The lowest BCUT2D eigenvalue weighted by atomic mass is 9.97. The molecule has 2 rings (SSSR count). The van der Waals surface area contributed by atoms with E-state index in [-0.39, 0.29) is 11.8 Å². The van der Waals surface area contributed by atoms with Crippen LogP contribution in [0.2, 0.25) is 0 Å². The fourth-order valence-electron chi connectivity index (χ4n) is 2.41. The van der Waals surface area contributed by atoms with E-state index in [1.807, 2.05) is 5.38 Å². The Morgan fingerprint density at radius 2 is 2.19 bits per heavy atom. The second-order valence-electron chi connectivity index (χ2n) is 5.27. The summed E-state index contributed by atoms with van der Waals surface area (Å²) in [5.41, 5.74) is 2.99. The van der Waals surface area contributed by atoms with E-state index >= 15 is 0 Å². The van der Waals surface area contributed by atoms with Gasteiger partial charge in [-0.15, -0.1) is 11.3 Å². The van der Waals surface area contributed by atoms with E-state index in [9.17, 15) is 9.59 Å². The van der Waals surface area contributed by atoms with Crippen molar-refractivity contribution < 1.29 is 9.59 Å². The third kappa shape index (κ3) is 4.76. The van der Waals surface area contributed by atoms with Gasteiger partial charge in [-0.05, 0) is 31.8 Å². The van der Waals surface area contributed by atoms with Crippen LogP contribution < -0.4 is 16.6 Å². The molecular formula is C13H21N5O2S. The van der Waals surface area contributed by atoms with Gasteiger partial charge in [0.1, 0.15) is 0 Å². The summed E-state index contributed by atoms with van der Waals surface area (Å²) >= 11 is 1.31. The molecule has 0 radical (unpaired) electrons. The highest BCUT2D eigenvalue weighted by atomic mass is 32.1. The Morgan fingerprint density at radius 3 is 2.81 bits per heavy atom. The number of thiazole rings is 1. The lowest BCUT2D eigenvalue weighted by molar-refractivity contribution is -0.119. The van der Waals surface area contributed by atoms with Crippen LogP contribution in [0.4, 0.5) is 0 Å². The van der Waals surface area contributed by atoms with Crippen molar-refractivity contribution in [2.75, 3.05) is 19.6 Å². The number of nitrogens with one attached hydrogen (secondary N) is 2. The van der Waals surface area contributed by atoms with Gasteiger partial charge < -0.3 is 5.32 Å². The zero-order chi connectivity index (χ0) is 15.2. The minimum absolute atomic E-state index is 0.0330. The molecule has 1 aliphatic heterocycles. The first-order valence-electron chi connectivity index (χ1n) is 7.00. The van der Waals surface area contributed by atoms with Crippen LogP contribution in [0.1, 0.15) is 35.3 Å². The molecule has 0 atom stereocenters. The van der Waals surface area contributed by atoms with Gasteiger partial charge in [0.2, 0.25) is 5.91 Å². The zero-order valence-corrected chi connectivity index (χ0v) is 12.9. The van der Waals surface area contributed by atoms with E-state index in [1.165, 1.54) is 11.3 Å². The molecule has 0 unspecified atom stereocenters. The Balaban J connectivity index is 1.77. The minimum atomic E-state index is -0.347. The number of rotatable bonds is 5. The molecule has 7 nitrogen and oxygen atoms in total. The fraction of sp³-hybridized carbons (Fsp3) is 0.615. The topological polar surface area (TPSA) is 100 Å². The molecule has 1 aliphatic rings. The molecule has 2 heterocycles. The first-order valence-corrected chi connectivity index (χ1v) is 7.88. The summed E-state index contributed by atoms with van der Waals surface area (Å²) < 4.78 is 0. The fourth-order valence-corrected chi connectivity index (χ4v) is 3.12. The molecule has 0 spiro atoms. The maximum Gasteiger partial charge on any atom is 0.294 e. The van der Waals surface area contributed by atoms with Crippen LogP contribution in [0, 0.1) is 5.92 Å². The van der Waals surface area contributed by atoms with E-state index in [0.717, 1.165) is 44.7 Å². The molecule has 4 N–H and O–H groups in total. The number of carbonyl (C=O) groups excluding carboxylic acids is 2. The monoisotopic (exact) mass is 311 g/mol. The largest absolute Gasteiger partial charge is 0.356 e. The number of likely N-dealkylation sites (tertiary alicyclic amines) is 1. The van der Waals surface area contributed by atoms with Gasteiger partial charge in [0, 0.05) is 25.4 Å². The summed E-state index contributed by atoms with van der Waals surface area (Å²) in [6, 6.07) is 0. The lowest BCUT2D eigenvalue weighted by Crippen LogP contribution is -2.37. The van der Waals surface area contributed by atoms with Crippen molar-refractivity contribution in [3.63, 3.8) is 0 Å². The highest BCUT2D eigenvalue weighted by Crippen LogP contribution is 2.19. The molecular weight excluding hydrogens is 290 g/mol. The third-order valence-electron chi connectivity index (χ3n) is 3.61. The van der Waals surface area contributed by atoms with Gasteiger partial charge in [0.15, 0.2) is 5.01 Å². The number of hydrazine groups is 1. The van der Waals surface area contributed by atoms with Gasteiger partial charge >= 0.3 is 0 Å². The van der Waals surface area contributed by atoms with E-state index in [2.05, 4.69) is 20.6 Å². The second kappa shape index (κ2) is 7.48. The minimum Gasteiger partial charge on any atom is -0.356 e. The number of nitrogens with zero attached hydrogens (tertiary/aromatic N) is 2. The zero-order valence-electron chi connectivity index (χ0n) is 12.1. The number of amides is 2. The maximum atomic E-state index is 11.4. The summed E-state index contributed by atoms with van der Waals surface area (Å²) in [5.74, 6) is 5.33. The van der Waals surface area contributed by atoms with Crippen LogP contribution in [0.3, 0.4) is 0 Å². The normalized spacial score (nSPS) is 16.7.